The van der Waals surface area contributed by atoms with Crippen molar-refractivity contribution in [3.63, 3.8) is 0 Å². The average Bonchev–Trinajstić information content (AvgIpc) is 2.49. The highest BCUT2D eigenvalue weighted by Gasteiger charge is 2.21. The minimum atomic E-state index is -1.07. The average molecular weight is 306 g/mol. The molecule has 0 atom stereocenters. The van der Waals surface area contributed by atoms with Crippen LogP contribution in [0.15, 0.2) is 42.5 Å². The summed E-state index contributed by atoms with van der Waals surface area (Å²) in [6.07, 6.45) is 0. The molecular weight excluding hydrogens is 294 g/mol. The van der Waals surface area contributed by atoms with Gasteiger partial charge < -0.3 is 15.3 Å². The topological polar surface area (TPSA) is 69.6 Å². The van der Waals surface area contributed by atoms with Gasteiger partial charge in [-0.05, 0) is 36.4 Å². The summed E-state index contributed by atoms with van der Waals surface area (Å²) in [5.74, 6) is -3.76. The van der Waals surface area contributed by atoms with E-state index in [-0.39, 0.29) is 11.4 Å². The van der Waals surface area contributed by atoms with Crippen LogP contribution in [0.25, 0.3) is 0 Å². The number of phenolic OH excluding ortho intramolecular Hbond substituents is 1. The van der Waals surface area contributed by atoms with Crippen LogP contribution in [0, 0.1) is 11.6 Å². The molecule has 0 unspecified atom stereocenters. The number of hydrogen-bond acceptors (Lipinski definition) is 3. The summed E-state index contributed by atoms with van der Waals surface area (Å²) in [5.41, 5.74) is 0.0800. The lowest BCUT2D eigenvalue weighted by molar-refractivity contribution is -0.134. The Morgan fingerprint density at radius 3 is 2.32 bits per heavy atom. The summed E-state index contributed by atoms with van der Waals surface area (Å²) >= 11 is 0. The van der Waals surface area contributed by atoms with Gasteiger partial charge in [-0.15, -0.1) is 0 Å². The molecule has 2 aromatic carbocycles. The molecule has 0 saturated heterocycles. The number of carbonyl (C=O) groups excluding carboxylic acids is 2. The van der Waals surface area contributed by atoms with E-state index < -0.39 is 23.4 Å². The number of rotatable bonds is 2. The quantitative estimate of drug-likeness (QED) is 0.836. The molecule has 114 valence electrons. The van der Waals surface area contributed by atoms with Gasteiger partial charge in [0.1, 0.15) is 17.4 Å². The predicted molar refractivity (Wildman–Crippen MR) is 76.5 cm³/mol. The number of anilines is 2. The van der Waals surface area contributed by atoms with Crippen molar-refractivity contribution in [2.75, 3.05) is 17.3 Å². The molecule has 0 radical (unpaired) electrons. The maximum atomic E-state index is 13.4. The van der Waals surface area contributed by atoms with E-state index in [1.807, 2.05) is 0 Å². The minimum absolute atomic E-state index is 0.0161. The van der Waals surface area contributed by atoms with Crippen molar-refractivity contribution in [3.05, 3.63) is 54.1 Å². The summed E-state index contributed by atoms with van der Waals surface area (Å²) in [4.78, 5) is 24.8. The van der Waals surface area contributed by atoms with Gasteiger partial charge in [-0.3, -0.25) is 9.59 Å². The van der Waals surface area contributed by atoms with Crippen LogP contribution in [-0.2, 0) is 9.59 Å². The second-order valence-electron chi connectivity index (χ2n) is 4.46. The summed E-state index contributed by atoms with van der Waals surface area (Å²) in [6, 6.07) is 8.19. The molecule has 0 aliphatic heterocycles. The zero-order valence-electron chi connectivity index (χ0n) is 11.5. The van der Waals surface area contributed by atoms with Crippen molar-refractivity contribution in [1.82, 2.24) is 0 Å². The predicted octanol–water partition coefficient (Wildman–Crippen LogP) is 2.27. The van der Waals surface area contributed by atoms with Crippen molar-refractivity contribution in [2.45, 2.75) is 0 Å². The van der Waals surface area contributed by atoms with Crippen molar-refractivity contribution >= 4 is 23.2 Å². The number of nitrogens with one attached hydrogen (secondary N) is 1. The first-order chi connectivity index (χ1) is 10.4. The molecule has 7 heteroatoms. The first-order valence-corrected chi connectivity index (χ1v) is 6.21. The zero-order valence-corrected chi connectivity index (χ0v) is 11.5. The van der Waals surface area contributed by atoms with Crippen LogP contribution in [0.1, 0.15) is 0 Å². The molecule has 0 aliphatic rings. The standard InChI is InChI=1S/C15H12F2N2O3/c1-19(10-3-5-11(20)6-4-10)15(22)14(21)18-13-7-2-9(16)8-12(13)17/h2-8,20H,1H3,(H,18,21). The van der Waals surface area contributed by atoms with E-state index in [0.717, 1.165) is 17.0 Å². The third kappa shape index (κ3) is 3.38. The van der Waals surface area contributed by atoms with Crippen LogP contribution in [-0.4, -0.2) is 24.0 Å². The fourth-order valence-corrected chi connectivity index (χ4v) is 1.71. The largest absolute Gasteiger partial charge is 0.508 e. The first-order valence-electron chi connectivity index (χ1n) is 6.21. The molecule has 0 aromatic heterocycles. The molecule has 2 amide bonds. The van der Waals surface area contributed by atoms with Crippen molar-refractivity contribution in [3.8, 4) is 5.75 Å². The van der Waals surface area contributed by atoms with Gasteiger partial charge in [0.2, 0.25) is 0 Å². The summed E-state index contributed by atoms with van der Waals surface area (Å²) in [5, 5.41) is 11.3. The highest BCUT2D eigenvalue weighted by Crippen LogP contribution is 2.18. The Morgan fingerprint density at radius 2 is 1.73 bits per heavy atom. The second-order valence-corrected chi connectivity index (χ2v) is 4.46. The van der Waals surface area contributed by atoms with Gasteiger partial charge in [0.25, 0.3) is 0 Å². The normalized spacial score (nSPS) is 10.1. The third-order valence-electron chi connectivity index (χ3n) is 2.92. The SMILES string of the molecule is CN(C(=O)C(=O)Nc1ccc(F)cc1F)c1ccc(O)cc1. The van der Waals surface area contributed by atoms with Gasteiger partial charge >= 0.3 is 11.8 Å². The van der Waals surface area contributed by atoms with E-state index in [9.17, 15) is 23.5 Å². The van der Waals surface area contributed by atoms with Gasteiger partial charge in [-0.1, -0.05) is 0 Å². The summed E-state index contributed by atoms with van der Waals surface area (Å²) in [7, 11) is 1.36. The number of phenols is 1. The van der Waals surface area contributed by atoms with Gasteiger partial charge in [0.05, 0.1) is 5.69 Å². The number of benzene rings is 2. The van der Waals surface area contributed by atoms with Gasteiger partial charge in [-0.25, -0.2) is 8.78 Å². The Labute approximate surface area is 124 Å². The number of carbonyl (C=O) groups is 2. The molecule has 0 spiro atoms. The van der Waals surface area contributed by atoms with Crippen molar-refractivity contribution in [1.29, 1.82) is 0 Å². The Bertz CT molecular complexity index is 717. The molecule has 2 aromatic rings. The van der Waals surface area contributed by atoms with E-state index in [1.54, 1.807) is 0 Å². The number of likely N-dealkylation sites (N-methyl/N-ethyl adjacent to an activating group) is 1. The molecule has 0 saturated carbocycles. The Kier molecular flexibility index (Phi) is 4.36. The van der Waals surface area contributed by atoms with Crippen LogP contribution in [0.4, 0.5) is 20.2 Å². The minimum Gasteiger partial charge on any atom is -0.508 e. The van der Waals surface area contributed by atoms with E-state index >= 15 is 0 Å². The van der Waals surface area contributed by atoms with Gasteiger partial charge in [0, 0.05) is 18.8 Å². The smallest absolute Gasteiger partial charge is 0.316 e. The van der Waals surface area contributed by atoms with E-state index in [2.05, 4.69) is 5.32 Å². The van der Waals surface area contributed by atoms with Gasteiger partial charge in [0.15, 0.2) is 0 Å². The number of nitrogens with zero attached hydrogens (tertiary/aromatic N) is 1. The number of amides is 2. The lowest BCUT2D eigenvalue weighted by Crippen LogP contribution is -2.37. The molecule has 0 aliphatic carbocycles. The Hall–Kier alpha value is -2.96. The highest BCUT2D eigenvalue weighted by molar-refractivity contribution is 6.44. The lowest BCUT2D eigenvalue weighted by Gasteiger charge is -2.17. The maximum Gasteiger partial charge on any atom is 0.316 e. The number of aromatic hydroxyl groups is 1. The van der Waals surface area contributed by atoms with Crippen molar-refractivity contribution in [2.24, 2.45) is 0 Å². The molecule has 22 heavy (non-hydrogen) atoms. The fraction of sp³-hybridized carbons (Fsp3) is 0.0667. The molecule has 2 rings (SSSR count). The Balaban J connectivity index is 2.11. The fourth-order valence-electron chi connectivity index (χ4n) is 1.71. The second kappa shape index (κ2) is 6.21. The number of halogens is 2. The van der Waals surface area contributed by atoms with Crippen LogP contribution in [0.5, 0.6) is 5.75 Å². The molecule has 2 N–H and O–H groups in total. The zero-order chi connectivity index (χ0) is 16.3. The van der Waals surface area contributed by atoms with E-state index in [1.165, 1.54) is 31.3 Å². The van der Waals surface area contributed by atoms with E-state index in [0.29, 0.717) is 11.8 Å². The number of hydrogen-bond donors (Lipinski definition) is 2. The molecule has 0 heterocycles. The maximum absolute atomic E-state index is 13.4. The Morgan fingerprint density at radius 1 is 1.09 bits per heavy atom. The van der Waals surface area contributed by atoms with Crippen molar-refractivity contribution < 1.29 is 23.5 Å². The summed E-state index contributed by atoms with van der Waals surface area (Å²) in [6.45, 7) is 0. The van der Waals surface area contributed by atoms with Crippen LogP contribution < -0.4 is 10.2 Å². The van der Waals surface area contributed by atoms with E-state index in [4.69, 9.17) is 0 Å². The molecule has 5 nitrogen and oxygen atoms in total. The van der Waals surface area contributed by atoms with Crippen LogP contribution in [0.2, 0.25) is 0 Å². The molecule has 0 fully saturated rings. The third-order valence-corrected chi connectivity index (χ3v) is 2.92. The summed E-state index contributed by atoms with van der Waals surface area (Å²) < 4.78 is 26.2. The van der Waals surface area contributed by atoms with Crippen LogP contribution >= 0.6 is 0 Å². The van der Waals surface area contributed by atoms with Crippen LogP contribution in [0.3, 0.4) is 0 Å². The lowest BCUT2D eigenvalue weighted by atomic mass is 10.2. The van der Waals surface area contributed by atoms with Gasteiger partial charge in [-0.2, -0.15) is 0 Å². The first kappa shape index (κ1) is 15.4. The monoisotopic (exact) mass is 306 g/mol. The molecular formula is C15H12F2N2O3. The molecule has 0 bridgehead atoms. The highest BCUT2D eigenvalue weighted by atomic mass is 19.1.